The van der Waals surface area contributed by atoms with Gasteiger partial charge in [0.05, 0.1) is 12.1 Å². The Labute approximate surface area is 168 Å². The van der Waals surface area contributed by atoms with E-state index in [4.69, 9.17) is 4.74 Å². The molecule has 1 aliphatic rings. The predicted molar refractivity (Wildman–Crippen MR) is 115 cm³/mol. The van der Waals surface area contributed by atoms with Crippen LogP contribution in [0.15, 0.2) is 18.2 Å². The first-order chi connectivity index (χ1) is 13.4. The Balaban J connectivity index is 2.02. The van der Waals surface area contributed by atoms with E-state index in [1.807, 2.05) is 17.9 Å². The van der Waals surface area contributed by atoms with Gasteiger partial charge in [-0.25, -0.2) is 4.98 Å². The first-order valence-corrected chi connectivity index (χ1v) is 10.5. The lowest BCUT2D eigenvalue weighted by atomic mass is 10.0. The summed E-state index contributed by atoms with van der Waals surface area (Å²) >= 11 is 0. The molecule has 150 valence electrons. The van der Waals surface area contributed by atoms with Crippen molar-refractivity contribution in [1.29, 1.82) is 0 Å². The Hall–Kier alpha value is -2.36. The zero-order valence-corrected chi connectivity index (χ0v) is 18.1. The number of pyridine rings is 1. The molecule has 0 saturated heterocycles. The molecular weight excluding hydrogens is 348 g/mol. The molecule has 28 heavy (non-hydrogen) atoms. The van der Waals surface area contributed by atoms with E-state index < -0.39 is 0 Å². The van der Waals surface area contributed by atoms with E-state index >= 15 is 0 Å². The molecule has 0 N–H and O–H groups in total. The van der Waals surface area contributed by atoms with Crippen molar-refractivity contribution in [3.8, 4) is 11.6 Å². The van der Waals surface area contributed by atoms with Gasteiger partial charge in [-0.1, -0.05) is 39.3 Å². The molecule has 0 spiro atoms. The molecule has 1 amide bonds. The molecule has 0 unspecified atom stereocenters. The predicted octanol–water partition coefficient (Wildman–Crippen LogP) is 5.83. The van der Waals surface area contributed by atoms with Crippen molar-refractivity contribution in [2.24, 2.45) is 0 Å². The fourth-order valence-corrected chi connectivity index (χ4v) is 4.28. The lowest BCUT2D eigenvalue weighted by Crippen LogP contribution is -2.37. The first-order valence-electron chi connectivity index (χ1n) is 10.5. The van der Waals surface area contributed by atoms with E-state index in [0.717, 1.165) is 59.5 Å². The minimum Gasteiger partial charge on any atom is -0.438 e. The van der Waals surface area contributed by atoms with Crippen molar-refractivity contribution >= 4 is 11.6 Å². The molecule has 4 heteroatoms. The Morgan fingerprint density at radius 1 is 1.07 bits per heavy atom. The Kier molecular flexibility index (Phi) is 6.07. The van der Waals surface area contributed by atoms with Crippen LogP contribution in [0.2, 0.25) is 0 Å². The van der Waals surface area contributed by atoms with E-state index in [1.54, 1.807) is 0 Å². The minimum absolute atomic E-state index is 0.146. The van der Waals surface area contributed by atoms with Crippen molar-refractivity contribution in [1.82, 2.24) is 4.98 Å². The third-order valence-electron chi connectivity index (χ3n) is 5.61. The van der Waals surface area contributed by atoms with Crippen molar-refractivity contribution in [2.45, 2.75) is 79.7 Å². The molecule has 4 nitrogen and oxygen atoms in total. The van der Waals surface area contributed by atoms with E-state index in [-0.39, 0.29) is 11.9 Å². The number of nitrogens with zero attached hydrogens (tertiary/aromatic N) is 2. The maximum atomic E-state index is 12.8. The summed E-state index contributed by atoms with van der Waals surface area (Å²) < 4.78 is 6.35. The van der Waals surface area contributed by atoms with Crippen molar-refractivity contribution < 1.29 is 9.53 Å². The molecule has 0 aliphatic carbocycles. The number of benzene rings is 1. The van der Waals surface area contributed by atoms with Crippen LogP contribution in [0.4, 0.5) is 5.69 Å². The molecular formula is C24H32N2O2. The molecule has 0 radical (unpaired) electrons. The van der Waals surface area contributed by atoms with Gasteiger partial charge in [0, 0.05) is 17.3 Å². The fourth-order valence-electron chi connectivity index (χ4n) is 4.28. The summed E-state index contributed by atoms with van der Waals surface area (Å²) in [5.41, 5.74) is 6.32. The Bertz CT molecular complexity index is 861. The van der Waals surface area contributed by atoms with E-state index in [1.165, 1.54) is 5.56 Å². The second-order valence-electron chi connectivity index (χ2n) is 7.89. The lowest BCUT2D eigenvalue weighted by molar-refractivity contribution is -0.117. The van der Waals surface area contributed by atoms with E-state index in [9.17, 15) is 4.79 Å². The highest BCUT2D eigenvalue weighted by molar-refractivity contribution is 6.02. The first kappa shape index (κ1) is 20.4. The van der Waals surface area contributed by atoms with Gasteiger partial charge in [-0.15, -0.1) is 0 Å². The number of carbonyl (C=O) groups is 1. The normalized spacial score (nSPS) is 13.4. The Morgan fingerprint density at radius 2 is 1.71 bits per heavy atom. The van der Waals surface area contributed by atoms with Crippen LogP contribution in [-0.2, 0) is 17.6 Å². The van der Waals surface area contributed by atoms with Gasteiger partial charge in [-0.3, -0.25) is 4.79 Å². The molecule has 0 atom stereocenters. The van der Waals surface area contributed by atoms with Gasteiger partial charge in [0.15, 0.2) is 0 Å². The molecule has 1 aliphatic heterocycles. The number of rotatable bonds is 7. The standard InChI is InChI=1S/C24H32N2O2/c1-7-10-18-11-15(4)23(16(5)12-18)28-24-20-14-22(27)26(19(8-2)9-3)21(20)13-17(6)25-24/h11-13,19H,7-10,14H2,1-6H3. The number of aromatic nitrogens is 1. The third-order valence-corrected chi connectivity index (χ3v) is 5.61. The SMILES string of the molecule is CCCc1cc(C)c(Oc2nc(C)cc3c2CC(=O)N3C(CC)CC)c(C)c1. The molecule has 1 aromatic carbocycles. The summed E-state index contributed by atoms with van der Waals surface area (Å²) in [4.78, 5) is 19.4. The molecule has 3 rings (SSSR count). The van der Waals surface area contributed by atoms with Crippen LogP contribution in [0.1, 0.15) is 68.0 Å². The van der Waals surface area contributed by atoms with Crippen LogP contribution >= 0.6 is 0 Å². The van der Waals surface area contributed by atoms with Crippen LogP contribution in [0.3, 0.4) is 0 Å². The number of carbonyl (C=O) groups excluding carboxylic acids is 1. The van der Waals surface area contributed by atoms with Gasteiger partial charge in [0.25, 0.3) is 0 Å². The number of aryl methyl sites for hydroxylation is 4. The van der Waals surface area contributed by atoms with Crippen LogP contribution < -0.4 is 9.64 Å². The molecule has 0 fully saturated rings. The second kappa shape index (κ2) is 8.34. The summed E-state index contributed by atoms with van der Waals surface area (Å²) in [6.45, 7) is 12.6. The van der Waals surface area contributed by atoms with Gasteiger partial charge in [-0.2, -0.15) is 0 Å². The fraction of sp³-hybridized carbons (Fsp3) is 0.500. The van der Waals surface area contributed by atoms with E-state index in [2.05, 4.69) is 51.7 Å². The lowest BCUT2D eigenvalue weighted by Gasteiger charge is -2.27. The van der Waals surface area contributed by atoms with Gasteiger partial charge < -0.3 is 9.64 Å². The van der Waals surface area contributed by atoms with Crippen LogP contribution in [0.5, 0.6) is 11.6 Å². The van der Waals surface area contributed by atoms with E-state index in [0.29, 0.717) is 12.3 Å². The zero-order chi connectivity index (χ0) is 20.4. The number of anilines is 1. The Morgan fingerprint density at radius 3 is 2.29 bits per heavy atom. The average Bonchev–Trinajstić information content (AvgIpc) is 2.96. The highest BCUT2D eigenvalue weighted by Crippen LogP contribution is 2.40. The smallest absolute Gasteiger partial charge is 0.231 e. The molecule has 0 saturated carbocycles. The third kappa shape index (κ3) is 3.78. The topological polar surface area (TPSA) is 42.4 Å². The molecule has 2 heterocycles. The largest absolute Gasteiger partial charge is 0.438 e. The van der Waals surface area contributed by atoms with Crippen molar-refractivity contribution in [2.75, 3.05) is 4.90 Å². The average molecular weight is 381 g/mol. The maximum absolute atomic E-state index is 12.8. The summed E-state index contributed by atoms with van der Waals surface area (Å²) in [7, 11) is 0. The van der Waals surface area contributed by atoms with Crippen molar-refractivity contribution in [3.05, 3.63) is 46.1 Å². The quantitative estimate of drug-likeness (QED) is 0.607. The number of fused-ring (bicyclic) bond motifs is 1. The summed E-state index contributed by atoms with van der Waals surface area (Å²) in [5, 5.41) is 0. The maximum Gasteiger partial charge on any atom is 0.231 e. The number of ether oxygens (including phenoxy) is 1. The van der Waals surface area contributed by atoms with Gasteiger partial charge >= 0.3 is 0 Å². The van der Waals surface area contributed by atoms with Crippen LogP contribution in [0.25, 0.3) is 0 Å². The molecule has 0 bridgehead atoms. The number of hydrogen-bond donors (Lipinski definition) is 0. The summed E-state index contributed by atoms with van der Waals surface area (Å²) in [6.07, 6.45) is 4.44. The van der Waals surface area contributed by atoms with Crippen LogP contribution in [0, 0.1) is 20.8 Å². The van der Waals surface area contributed by atoms with Crippen molar-refractivity contribution in [3.63, 3.8) is 0 Å². The van der Waals surface area contributed by atoms with Gasteiger partial charge in [0.2, 0.25) is 11.8 Å². The minimum atomic E-state index is 0.146. The number of hydrogen-bond acceptors (Lipinski definition) is 3. The number of amides is 1. The summed E-state index contributed by atoms with van der Waals surface area (Å²) in [5.74, 6) is 1.58. The monoisotopic (exact) mass is 380 g/mol. The second-order valence-corrected chi connectivity index (χ2v) is 7.89. The highest BCUT2D eigenvalue weighted by Gasteiger charge is 2.35. The van der Waals surface area contributed by atoms with Gasteiger partial charge in [0.1, 0.15) is 5.75 Å². The molecule has 2 aromatic rings. The highest BCUT2D eigenvalue weighted by atomic mass is 16.5. The van der Waals surface area contributed by atoms with Crippen LogP contribution in [-0.4, -0.2) is 16.9 Å². The molecule has 1 aromatic heterocycles. The zero-order valence-electron chi connectivity index (χ0n) is 18.1. The van der Waals surface area contributed by atoms with Gasteiger partial charge in [-0.05, 0) is 62.8 Å². The summed E-state index contributed by atoms with van der Waals surface area (Å²) in [6, 6.07) is 6.64.